The second kappa shape index (κ2) is 10.9. The van der Waals surface area contributed by atoms with Gasteiger partial charge in [-0.25, -0.2) is 0 Å². The first-order valence-electron chi connectivity index (χ1n) is 11.3. The average molecular weight is 443 g/mol. The smallest absolute Gasteiger partial charge is 0.264 e. The van der Waals surface area contributed by atoms with Crippen LogP contribution < -0.4 is 16.0 Å². The Morgan fingerprint density at radius 2 is 1.81 bits per heavy atom. The van der Waals surface area contributed by atoms with Crippen LogP contribution in [0.2, 0.25) is 0 Å². The van der Waals surface area contributed by atoms with Crippen LogP contribution in [0.4, 0.5) is 5.69 Å². The van der Waals surface area contributed by atoms with E-state index in [0.717, 1.165) is 37.0 Å². The fraction of sp³-hybridized carbons (Fsp3) is 0.522. The summed E-state index contributed by atoms with van der Waals surface area (Å²) in [5.74, 6) is -1.93. The third-order valence-electron chi connectivity index (χ3n) is 5.69. The van der Waals surface area contributed by atoms with Crippen molar-refractivity contribution in [3.63, 3.8) is 0 Å². The van der Waals surface area contributed by atoms with Crippen LogP contribution in [0.25, 0.3) is 0 Å². The first-order chi connectivity index (χ1) is 15.4. The molecule has 5 amide bonds. The lowest BCUT2D eigenvalue weighted by molar-refractivity contribution is -0.136. The third-order valence-corrected chi connectivity index (χ3v) is 5.69. The summed E-state index contributed by atoms with van der Waals surface area (Å²) >= 11 is 0. The molecule has 1 aromatic rings. The number of amides is 5. The molecule has 1 atom stereocenters. The predicted molar refractivity (Wildman–Crippen MR) is 118 cm³/mol. The molecule has 2 heterocycles. The number of unbranched alkanes of at least 4 members (excludes halogenated alkanes) is 3. The zero-order valence-corrected chi connectivity index (χ0v) is 18.4. The Morgan fingerprint density at radius 3 is 2.53 bits per heavy atom. The highest BCUT2D eigenvalue weighted by Crippen LogP contribution is 2.32. The minimum Gasteiger partial charge on any atom is -0.384 e. The number of carbonyl (C=O) groups excluding carboxylic acids is 5. The number of nitrogens with zero attached hydrogens (tertiary/aromatic N) is 1. The van der Waals surface area contributed by atoms with Crippen molar-refractivity contribution in [3.8, 4) is 0 Å². The number of benzene rings is 1. The molecule has 9 nitrogen and oxygen atoms in total. The maximum Gasteiger partial charge on any atom is 0.264 e. The summed E-state index contributed by atoms with van der Waals surface area (Å²) in [7, 11) is 0. The molecule has 2 aliphatic heterocycles. The normalized spacial score (nSPS) is 17.9. The van der Waals surface area contributed by atoms with Gasteiger partial charge < -0.3 is 10.6 Å². The predicted octanol–water partition coefficient (Wildman–Crippen LogP) is 1.98. The van der Waals surface area contributed by atoms with E-state index in [9.17, 15) is 24.0 Å². The Hall–Kier alpha value is -3.23. The van der Waals surface area contributed by atoms with E-state index in [4.69, 9.17) is 0 Å². The summed E-state index contributed by atoms with van der Waals surface area (Å²) in [6.07, 6.45) is 5.40. The van der Waals surface area contributed by atoms with Crippen LogP contribution in [-0.2, 0) is 14.4 Å². The molecule has 1 aromatic carbocycles. The molecule has 0 aromatic heterocycles. The Morgan fingerprint density at radius 1 is 1.06 bits per heavy atom. The molecular weight excluding hydrogens is 412 g/mol. The molecule has 1 fully saturated rings. The van der Waals surface area contributed by atoms with Gasteiger partial charge in [-0.15, -0.1) is 0 Å². The molecule has 2 aliphatic rings. The molecule has 0 spiro atoms. The molecule has 1 saturated heterocycles. The van der Waals surface area contributed by atoms with Gasteiger partial charge in [0.25, 0.3) is 11.8 Å². The number of hydrogen-bond donors (Lipinski definition) is 3. The molecule has 0 aliphatic carbocycles. The molecule has 32 heavy (non-hydrogen) atoms. The van der Waals surface area contributed by atoms with E-state index < -0.39 is 29.7 Å². The summed E-state index contributed by atoms with van der Waals surface area (Å²) < 4.78 is 0. The van der Waals surface area contributed by atoms with Gasteiger partial charge in [0.05, 0.1) is 11.1 Å². The van der Waals surface area contributed by atoms with E-state index >= 15 is 0 Å². The van der Waals surface area contributed by atoms with Gasteiger partial charge >= 0.3 is 0 Å². The van der Waals surface area contributed by atoms with E-state index in [-0.39, 0.29) is 29.9 Å². The number of fused-ring (bicyclic) bond motifs is 1. The summed E-state index contributed by atoms with van der Waals surface area (Å²) in [5, 5.41) is 8.34. The lowest BCUT2D eigenvalue weighted by Gasteiger charge is -2.27. The minimum absolute atomic E-state index is 0.0944. The molecule has 3 N–H and O–H groups in total. The van der Waals surface area contributed by atoms with Crippen LogP contribution in [0.5, 0.6) is 0 Å². The highest BCUT2D eigenvalue weighted by molar-refractivity contribution is 6.25. The third kappa shape index (κ3) is 5.33. The molecule has 1 unspecified atom stereocenters. The Labute approximate surface area is 187 Å². The first-order valence-corrected chi connectivity index (χ1v) is 11.3. The van der Waals surface area contributed by atoms with Gasteiger partial charge in [0, 0.05) is 31.6 Å². The minimum atomic E-state index is -0.967. The molecule has 172 valence electrons. The number of carbonyl (C=O) groups is 5. The summed E-state index contributed by atoms with van der Waals surface area (Å²) in [4.78, 5) is 61.9. The van der Waals surface area contributed by atoms with Gasteiger partial charge in [-0.3, -0.25) is 34.2 Å². The Balaban J connectivity index is 1.50. The number of rotatable bonds is 11. The van der Waals surface area contributed by atoms with Crippen LogP contribution in [0, 0.1) is 0 Å². The SMILES string of the molecule is CCCC(=O)NCCCCCCNc1cccc2c1C(=O)N(C1CCC(=O)NC1=O)C2=O. The first kappa shape index (κ1) is 23.4. The maximum absolute atomic E-state index is 13.0. The van der Waals surface area contributed by atoms with Gasteiger partial charge in [-0.05, 0) is 37.8 Å². The quantitative estimate of drug-likeness (QED) is 0.356. The van der Waals surface area contributed by atoms with Gasteiger partial charge in [-0.2, -0.15) is 0 Å². The topological polar surface area (TPSA) is 125 Å². The monoisotopic (exact) mass is 442 g/mol. The standard InChI is InChI=1S/C23H30N4O5/c1-2-8-18(28)25-14-6-4-3-5-13-24-16-10-7-9-15-20(16)23(32)27(22(15)31)17-11-12-19(29)26-21(17)30/h7,9-10,17,24H,2-6,8,11-14H2,1H3,(H,25,28)(H,26,29,30). The van der Waals surface area contributed by atoms with Crippen molar-refractivity contribution in [1.29, 1.82) is 0 Å². The van der Waals surface area contributed by atoms with Crippen molar-refractivity contribution in [2.45, 2.75) is 64.3 Å². The van der Waals surface area contributed by atoms with Crippen molar-refractivity contribution >= 4 is 35.2 Å². The van der Waals surface area contributed by atoms with E-state index in [1.165, 1.54) is 0 Å². The summed E-state index contributed by atoms with van der Waals surface area (Å²) in [6, 6.07) is 4.07. The van der Waals surface area contributed by atoms with Gasteiger partial charge in [0.1, 0.15) is 6.04 Å². The van der Waals surface area contributed by atoms with Crippen LogP contribution in [0.3, 0.4) is 0 Å². The largest absolute Gasteiger partial charge is 0.384 e. The van der Waals surface area contributed by atoms with Crippen molar-refractivity contribution in [1.82, 2.24) is 15.5 Å². The number of hydrogen-bond acceptors (Lipinski definition) is 6. The highest BCUT2D eigenvalue weighted by atomic mass is 16.2. The molecule has 0 bridgehead atoms. The van der Waals surface area contributed by atoms with E-state index in [1.807, 2.05) is 6.92 Å². The number of imide groups is 2. The number of nitrogens with one attached hydrogen (secondary N) is 3. The van der Waals surface area contributed by atoms with Crippen LogP contribution in [0.15, 0.2) is 18.2 Å². The van der Waals surface area contributed by atoms with E-state index in [1.54, 1.807) is 18.2 Å². The second-order valence-electron chi connectivity index (χ2n) is 8.12. The van der Waals surface area contributed by atoms with Gasteiger partial charge in [0.2, 0.25) is 17.7 Å². The molecule has 3 rings (SSSR count). The lowest BCUT2D eigenvalue weighted by Crippen LogP contribution is -2.54. The van der Waals surface area contributed by atoms with Crippen LogP contribution in [0.1, 0.15) is 79.0 Å². The molecular formula is C23H30N4O5. The fourth-order valence-electron chi connectivity index (χ4n) is 4.03. The Bertz CT molecular complexity index is 914. The zero-order chi connectivity index (χ0) is 23.1. The van der Waals surface area contributed by atoms with Gasteiger partial charge in [-0.1, -0.05) is 25.8 Å². The molecule has 0 radical (unpaired) electrons. The van der Waals surface area contributed by atoms with Crippen molar-refractivity contribution in [2.75, 3.05) is 18.4 Å². The Kier molecular flexibility index (Phi) is 7.97. The highest BCUT2D eigenvalue weighted by Gasteiger charge is 2.45. The lowest BCUT2D eigenvalue weighted by atomic mass is 10.0. The molecule has 9 heteroatoms. The van der Waals surface area contributed by atoms with E-state index in [2.05, 4.69) is 16.0 Å². The van der Waals surface area contributed by atoms with Crippen molar-refractivity contribution in [3.05, 3.63) is 29.3 Å². The fourth-order valence-corrected chi connectivity index (χ4v) is 4.03. The summed E-state index contributed by atoms with van der Waals surface area (Å²) in [5.41, 5.74) is 1.12. The van der Waals surface area contributed by atoms with Crippen molar-refractivity contribution < 1.29 is 24.0 Å². The molecule has 0 saturated carbocycles. The van der Waals surface area contributed by atoms with E-state index in [0.29, 0.717) is 25.2 Å². The maximum atomic E-state index is 13.0. The van der Waals surface area contributed by atoms with Crippen molar-refractivity contribution in [2.24, 2.45) is 0 Å². The van der Waals surface area contributed by atoms with Crippen LogP contribution in [-0.4, -0.2) is 53.6 Å². The van der Waals surface area contributed by atoms with Crippen LogP contribution >= 0.6 is 0 Å². The number of anilines is 1. The average Bonchev–Trinajstić information content (AvgIpc) is 3.01. The number of piperidine rings is 1. The van der Waals surface area contributed by atoms with Gasteiger partial charge in [0.15, 0.2) is 0 Å². The zero-order valence-electron chi connectivity index (χ0n) is 18.4. The second-order valence-corrected chi connectivity index (χ2v) is 8.12. The summed E-state index contributed by atoms with van der Waals surface area (Å²) in [6.45, 7) is 3.30.